The first-order chi connectivity index (χ1) is 6.19. The van der Waals surface area contributed by atoms with E-state index in [4.69, 9.17) is 0 Å². The summed E-state index contributed by atoms with van der Waals surface area (Å²) in [6.45, 7) is 3.18. The first-order valence-electron chi connectivity index (χ1n) is 4.24. The highest BCUT2D eigenvalue weighted by atomic mass is 79.9. The van der Waals surface area contributed by atoms with Crippen LogP contribution in [0.25, 0.3) is 0 Å². The second-order valence-electron chi connectivity index (χ2n) is 2.92. The van der Waals surface area contributed by atoms with Crippen LogP contribution in [-0.4, -0.2) is 13.6 Å². The molecule has 0 aliphatic carbocycles. The summed E-state index contributed by atoms with van der Waals surface area (Å²) in [6.07, 6.45) is 0. The molecule has 0 amide bonds. The maximum Gasteiger partial charge on any atom is 0.0415 e. The Morgan fingerprint density at radius 2 is 2.08 bits per heavy atom. The maximum absolute atomic E-state index is 3.49. The quantitative estimate of drug-likeness (QED) is 0.768. The van der Waals surface area contributed by atoms with Gasteiger partial charge in [-0.25, -0.2) is 0 Å². The minimum atomic E-state index is 0.903. The third-order valence-electron chi connectivity index (χ3n) is 2.08. The van der Waals surface area contributed by atoms with Crippen molar-refractivity contribution in [3.63, 3.8) is 0 Å². The summed E-state index contributed by atoms with van der Waals surface area (Å²) in [6, 6.07) is 6.37. The molecule has 0 saturated heterocycles. The van der Waals surface area contributed by atoms with E-state index in [1.807, 2.05) is 0 Å². The lowest BCUT2D eigenvalue weighted by atomic mass is 10.2. The number of hydrogen-bond acceptors (Lipinski definition) is 1. The van der Waals surface area contributed by atoms with E-state index in [0.717, 1.165) is 16.3 Å². The van der Waals surface area contributed by atoms with Crippen molar-refractivity contribution in [1.29, 1.82) is 0 Å². The molecule has 0 radical (unpaired) electrons. The molecule has 0 unspecified atom stereocenters. The Labute approximate surface area is 96.4 Å². The largest absolute Gasteiger partial charge is 0.375 e. The van der Waals surface area contributed by atoms with Gasteiger partial charge in [-0.2, -0.15) is 0 Å². The number of halogens is 2. The van der Waals surface area contributed by atoms with Crippen molar-refractivity contribution in [2.75, 3.05) is 18.5 Å². The third-order valence-corrected chi connectivity index (χ3v) is 3.17. The second-order valence-corrected chi connectivity index (χ2v) is 4.40. The van der Waals surface area contributed by atoms with Gasteiger partial charge >= 0.3 is 0 Å². The van der Waals surface area contributed by atoms with Crippen LogP contribution in [0.5, 0.6) is 0 Å². The first-order valence-corrected chi connectivity index (χ1v) is 6.16. The van der Waals surface area contributed by atoms with Crippen LogP contribution in [0.4, 0.5) is 5.69 Å². The molecule has 0 fully saturated rings. The van der Waals surface area contributed by atoms with Crippen LogP contribution < -0.4 is 4.90 Å². The van der Waals surface area contributed by atoms with E-state index in [-0.39, 0.29) is 0 Å². The van der Waals surface area contributed by atoms with Gasteiger partial charge in [0.15, 0.2) is 0 Å². The molecule has 0 aliphatic heterocycles. The molecular weight excluding hydrogens is 294 g/mol. The molecule has 0 aromatic heterocycles. The molecule has 0 saturated carbocycles. The van der Waals surface area contributed by atoms with Crippen LogP contribution in [-0.2, 0) is 5.33 Å². The van der Waals surface area contributed by atoms with E-state index in [9.17, 15) is 0 Å². The molecule has 72 valence electrons. The Morgan fingerprint density at radius 1 is 1.38 bits per heavy atom. The lowest BCUT2D eigenvalue weighted by Gasteiger charge is -2.20. The molecule has 1 aromatic rings. The molecule has 3 heteroatoms. The maximum atomic E-state index is 3.49. The van der Waals surface area contributed by atoms with E-state index in [0.29, 0.717) is 0 Å². The highest BCUT2D eigenvalue weighted by molar-refractivity contribution is 9.10. The van der Waals surface area contributed by atoms with E-state index in [1.54, 1.807) is 0 Å². The number of nitrogens with zero attached hydrogens (tertiary/aromatic N) is 1. The zero-order valence-electron chi connectivity index (χ0n) is 7.85. The van der Waals surface area contributed by atoms with Crippen molar-refractivity contribution >= 4 is 37.5 Å². The van der Waals surface area contributed by atoms with Crippen molar-refractivity contribution in [3.8, 4) is 0 Å². The van der Waals surface area contributed by atoms with Crippen molar-refractivity contribution in [2.24, 2.45) is 0 Å². The standard InChI is InChI=1S/C10H13Br2N/c1-3-13(2)10-6-9(12)5-4-8(10)7-11/h4-6H,3,7H2,1-2H3. The fourth-order valence-corrected chi connectivity index (χ4v) is 2.00. The van der Waals surface area contributed by atoms with Gasteiger partial charge < -0.3 is 4.90 Å². The Morgan fingerprint density at radius 3 is 2.62 bits per heavy atom. The minimum Gasteiger partial charge on any atom is -0.375 e. The SMILES string of the molecule is CCN(C)c1cc(Br)ccc1CBr. The molecule has 0 N–H and O–H groups in total. The molecule has 1 rings (SSSR count). The highest BCUT2D eigenvalue weighted by Crippen LogP contribution is 2.25. The fourth-order valence-electron chi connectivity index (χ4n) is 1.18. The zero-order valence-corrected chi connectivity index (χ0v) is 11.0. The summed E-state index contributed by atoms with van der Waals surface area (Å²) in [5, 5.41) is 0.903. The van der Waals surface area contributed by atoms with Crippen LogP contribution >= 0.6 is 31.9 Å². The Kier molecular flexibility index (Phi) is 4.26. The Hall–Kier alpha value is -0.0200. The molecule has 0 bridgehead atoms. The predicted octanol–water partition coefficient (Wildman–Crippen LogP) is 3.80. The van der Waals surface area contributed by atoms with Gasteiger partial charge in [-0.15, -0.1) is 0 Å². The van der Waals surface area contributed by atoms with Gasteiger partial charge in [0.05, 0.1) is 0 Å². The lowest BCUT2D eigenvalue weighted by molar-refractivity contribution is 0.959. The van der Waals surface area contributed by atoms with Gasteiger partial charge in [-0.1, -0.05) is 37.9 Å². The molecule has 13 heavy (non-hydrogen) atoms. The smallest absolute Gasteiger partial charge is 0.0415 e. The van der Waals surface area contributed by atoms with Gasteiger partial charge in [-0.05, 0) is 24.6 Å². The van der Waals surface area contributed by atoms with Crippen LogP contribution in [0.15, 0.2) is 22.7 Å². The van der Waals surface area contributed by atoms with Crippen LogP contribution in [0, 0.1) is 0 Å². The van der Waals surface area contributed by atoms with Crippen LogP contribution in [0.1, 0.15) is 12.5 Å². The highest BCUT2D eigenvalue weighted by Gasteiger charge is 2.05. The van der Waals surface area contributed by atoms with Gasteiger partial charge in [0.2, 0.25) is 0 Å². The minimum absolute atomic E-state index is 0.903. The number of rotatable bonds is 3. The summed E-state index contributed by atoms with van der Waals surface area (Å²) in [5.41, 5.74) is 2.61. The molecule has 1 aromatic carbocycles. The number of anilines is 1. The van der Waals surface area contributed by atoms with Gasteiger partial charge in [0.1, 0.15) is 0 Å². The normalized spacial score (nSPS) is 10.2. The molecule has 0 spiro atoms. The van der Waals surface area contributed by atoms with Gasteiger partial charge in [0.25, 0.3) is 0 Å². The van der Waals surface area contributed by atoms with E-state index >= 15 is 0 Å². The van der Waals surface area contributed by atoms with Crippen molar-refractivity contribution in [2.45, 2.75) is 12.3 Å². The van der Waals surface area contributed by atoms with Gasteiger partial charge in [-0.3, -0.25) is 0 Å². The summed E-state index contributed by atoms with van der Waals surface area (Å²) in [7, 11) is 2.11. The van der Waals surface area contributed by atoms with E-state index < -0.39 is 0 Å². The third kappa shape index (κ3) is 2.71. The summed E-state index contributed by atoms with van der Waals surface area (Å²) >= 11 is 6.97. The average Bonchev–Trinajstić information content (AvgIpc) is 2.16. The average molecular weight is 307 g/mol. The van der Waals surface area contributed by atoms with E-state index in [1.165, 1.54) is 11.3 Å². The fraction of sp³-hybridized carbons (Fsp3) is 0.400. The number of benzene rings is 1. The van der Waals surface area contributed by atoms with Crippen molar-refractivity contribution < 1.29 is 0 Å². The molecule has 1 nitrogen and oxygen atoms in total. The molecule has 0 aliphatic rings. The first kappa shape index (κ1) is 11.1. The number of hydrogen-bond donors (Lipinski definition) is 0. The summed E-state index contributed by atoms with van der Waals surface area (Å²) in [5.74, 6) is 0. The van der Waals surface area contributed by atoms with Crippen molar-refractivity contribution in [3.05, 3.63) is 28.2 Å². The van der Waals surface area contributed by atoms with Crippen LogP contribution in [0.3, 0.4) is 0 Å². The topological polar surface area (TPSA) is 3.24 Å². The number of alkyl halides is 1. The zero-order chi connectivity index (χ0) is 9.84. The molecular formula is C10H13Br2N. The predicted molar refractivity (Wildman–Crippen MR) is 65.7 cm³/mol. The Balaban J connectivity index is 3.07. The lowest BCUT2D eigenvalue weighted by Crippen LogP contribution is -2.17. The van der Waals surface area contributed by atoms with Gasteiger partial charge in [0, 0.05) is 29.1 Å². The molecule has 0 atom stereocenters. The van der Waals surface area contributed by atoms with Crippen LogP contribution in [0.2, 0.25) is 0 Å². The van der Waals surface area contributed by atoms with Crippen molar-refractivity contribution in [1.82, 2.24) is 0 Å². The molecule has 0 heterocycles. The summed E-state index contributed by atoms with van der Waals surface area (Å²) in [4.78, 5) is 2.24. The Bertz CT molecular complexity index is 286. The second kappa shape index (κ2) is 5.01. The van der Waals surface area contributed by atoms with E-state index in [2.05, 4.69) is 68.9 Å². The summed E-state index contributed by atoms with van der Waals surface area (Å²) < 4.78 is 1.13. The monoisotopic (exact) mass is 305 g/mol.